The van der Waals surface area contributed by atoms with Crippen molar-refractivity contribution in [2.45, 2.75) is 57.8 Å². The standard InChI is InChI=1S/C14H21BNO2/c1-13(2)14(3,4)18-15(17-13)11-7-8-12(16-9-11)10-5-6-10/h7-10,12H,5-6H2,1-4H3/q-1. The van der Waals surface area contributed by atoms with Crippen LogP contribution in [0.15, 0.2) is 23.8 Å². The van der Waals surface area contributed by atoms with Crippen LogP contribution in [-0.4, -0.2) is 24.4 Å². The van der Waals surface area contributed by atoms with Crippen molar-refractivity contribution in [2.24, 2.45) is 5.92 Å². The summed E-state index contributed by atoms with van der Waals surface area (Å²) in [5, 5.41) is 4.60. The van der Waals surface area contributed by atoms with Crippen molar-refractivity contribution in [3.05, 3.63) is 29.1 Å². The molecular formula is C14H21BNO2-. The summed E-state index contributed by atoms with van der Waals surface area (Å²) in [5.74, 6) is 0.775. The summed E-state index contributed by atoms with van der Waals surface area (Å²) in [6, 6.07) is 0.385. The summed E-state index contributed by atoms with van der Waals surface area (Å²) in [7, 11) is -0.282. The maximum atomic E-state index is 6.01. The molecule has 0 N–H and O–H groups in total. The number of hydrogen-bond donors (Lipinski definition) is 0. The molecule has 0 amide bonds. The molecular weight excluding hydrogens is 225 g/mol. The molecule has 3 aliphatic rings. The lowest BCUT2D eigenvalue weighted by atomic mass is 9.77. The topological polar surface area (TPSA) is 32.6 Å². The van der Waals surface area contributed by atoms with Crippen LogP contribution < -0.4 is 0 Å². The molecule has 1 saturated heterocycles. The SMILES string of the molecule is CC1(C)OB(C2=C[N-]C(C3CC3)C=C2)OC1(C)C. The van der Waals surface area contributed by atoms with E-state index in [1.54, 1.807) is 0 Å². The molecule has 4 heteroatoms. The Hall–Kier alpha value is -0.735. The predicted molar refractivity (Wildman–Crippen MR) is 73.2 cm³/mol. The summed E-state index contributed by atoms with van der Waals surface area (Å²) < 4.78 is 12.0. The van der Waals surface area contributed by atoms with E-state index in [1.165, 1.54) is 12.8 Å². The van der Waals surface area contributed by atoms with E-state index in [9.17, 15) is 0 Å². The smallest absolute Gasteiger partial charge is 0.492 e. The fraction of sp³-hybridized carbons (Fsp3) is 0.714. The van der Waals surface area contributed by atoms with Gasteiger partial charge in [-0.15, -0.1) is 0 Å². The van der Waals surface area contributed by atoms with Crippen LogP contribution in [-0.2, 0) is 9.31 Å². The van der Waals surface area contributed by atoms with Gasteiger partial charge in [0, 0.05) is 0 Å². The first-order chi connectivity index (χ1) is 8.39. The molecule has 0 aromatic rings. The third-order valence-electron chi connectivity index (χ3n) is 4.51. The molecule has 18 heavy (non-hydrogen) atoms. The number of allylic oxidation sites excluding steroid dienone is 2. The number of nitrogens with zero attached hydrogens (tertiary/aromatic N) is 1. The molecule has 2 aliphatic heterocycles. The van der Waals surface area contributed by atoms with Crippen LogP contribution in [0.4, 0.5) is 0 Å². The van der Waals surface area contributed by atoms with Gasteiger partial charge in [-0.2, -0.15) is 6.20 Å². The summed E-state index contributed by atoms with van der Waals surface area (Å²) >= 11 is 0. The minimum atomic E-state index is -0.282. The second-order valence-electron chi connectivity index (χ2n) is 6.55. The highest BCUT2D eigenvalue weighted by Crippen LogP contribution is 2.42. The third-order valence-corrected chi connectivity index (χ3v) is 4.51. The second-order valence-corrected chi connectivity index (χ2v) is 6.55. The van der Waals surface area contributed by atoms with Crippen LogP contribution in [0.3, 0.4) is 0 Å². The maximum Gasteiger partial charge on any atom is 0.492 e. The molecule has 0 radical (unpaired) electrons. The molecule has 1 aliphatic carbocycles. The Morgan fingerprint density at radius 3 is 2.22 bits per heavy atom. The van der Waals surface area contributed by atoms with Gasteiger partial charge in [-0.1, -0.05) is 37.0 Å². The predicted octanol–water partition coefficient (Wildman–Crippen LogP) is 3.22. The van der Waals surface area contributed by atoms with Gasteiger partial charge in [0.2, 0.25) is 0 Å². The minimum absolute atomic E-state index is 0.278. The highest BCUT2D eigenvalue weighted by Gasteiger charge is 2.51. The Balaban J connectivity index is 1.69. The molecule has 1 saturated carbocycles. The normalized spacial score (nSPS) is 33.2. The molecule has 3 rings (SSSR count). The van der Waals surface area contributed by atoms with E-state index in [4.69, 9.17) is 9.31 Å². The lowest BCUT2D eigenvalue weighted by molar-refractivity contribution is 0.00578. The molecule has 0 spiro atoms. The van der Waals surface area contributed by atoms with Crippen LogP contribution in [0.2, 0.25) is 0 Å². The average molecular weight is 246 g/mol. The van der Waals surface area contributed by atoms with Crippen molar-refractivity contribution in [2.75, 3.05) is 0 Å². The Kier molecular flexibility index (Phi) is 2.65. The van der Waals surface area contributed by atoms with Gasteiger partial charge in [0.05, 0.1) is 11.2 Å². The zero-order valence-corrected chi connectivity index (χ0v) is 11.6. The van der Waals surface area contributed by atoms with Gasteiger partial charge < -0.3 is 14.6 Å². The van der Waals surface area contributed by atoms with Gasteiger partial charge in [-0.25, -0.2) is 0 Å². The zero-order valence-electron chi connectivity index (χ0n) is 11.6. The van der Waals surface area contributed by atoms with E-state index in [2.05, 4.69) is 45.2 Å². The van der Waals surface area contributed by atoms with Crippen LogP contribution in [0.1, 0.15) is 40.5 Å². The number of rotatable bonds is 2. The van der Waals surface area contributed by atoms with Crippen molar-refractivity contribution < 1.29 is 9.31 Å². The Morgan fingerprint density at radius 1 is 1.17 bits per heavy atom. The van der Waals surface area contributed by atoms with E-state index >= 15 is 0 Å². The first-order valence-electron chi connectivity index (χ1n) is 6.83. The lowest BCUT2D eigenvalue weighted by Crippen LogP contribution is -2.41. The maximum absolute atomic E-state index is 6.01. The molecule has 2 fully saturated rings. The van der Waals surface area contributed by atoms with Crippen molar-refractivity contribution >= 4 is 7.12 Å². The molecule has 3 nitrogen and oxygen atoms in total. The van der Waals surface area contributed by atoms with Gasteiger partial charge in [0.25, 0.3) is 0 Å². The summed E-state index contributed by atoms with van der Waals surface area (Å²) in [4.78, 5) is 0. The highest BCUT2D eigenvalue weighted by atomic mass is 16.7. The van der Waals surface area contributed by atoms with Crippen molar-refractivity contribution in [3.8, 4) is 0 Å². The Morgan fingerprint density at radius 2 is 1.78 bits per heavy atom. The average Bonchev–Trinajstić information content (AvgIpc) is 3.08. The molecule has 2 heterocycles. The monoisotopic (exact) mass is 246 g/mol. The van der Waals surface area contributed by atoms with E-state index in [0.29, 0.717) is 6.04 Å². The zero-order chi connectivity index (χ0) is 13.0. The van der Waals surface area contributed by atoms with Gasteiger partial charge in [-0.3, -0.25) is 0 Å². The first-order valence-corrected chi connectivity index (χ1v) is 6.83. The van der Waals surface area contributed by atoms with Crippen molar-refractivity contribution in [1.82, 2.24) is 0 Å². The highest BCUT2D eigenvalue weighted by molar-refractivity contribution is 6.55. The van der Waals surface area contributed by atoms with Gasteiger partial charge in [0.15, 0.2) is 0 Å². The molecule has 1 unspecified atom stereocenters. The minimum Gasteiger partial charge on any atom is -0.685 e. The van der Waals surface area contributed by atoms with Gasteiger partial charge in [0.1, 0.15) is 0 Å². The fourth-order valence-electron chi connectivity index (χ4n) is 2.31. The van der Waals surface area contributed by atoms with Crippen molar-refractivity contribution in [3.63, 3.8) is 0 Å². The van der Waals surface area contributed by atoms with Crippen molar-refractivity contribution in [1.29, 1.82) is 0 Å². The van der Waals surface area contributed by atoms with Crippen LogP contribution >= 0.6 is 0 Å². The van der Waals surface area contributed by atoms with Crippen LogP contribution in [0.25, 0.3) is 5.32 Å². The molecule has 98 valence electrons. The third kappa shape index (κ3) is 2.01. The Bertz CT molecular complexity index is 394. The lowest BCUT2D eigenvalue weighted by Gasteiger charge is -2.32. The summed E-state index contributed by atoms with van der Waals surface area (Å²) in [6.07, 6.45) is 8.89. The summed E-state index contributed by atoms with van der Waals surface area (Å²) in [6.45, 7) is 8.29. The molecule has 0 aromatic carbocycles. The summed E-state index contributed by atoms with van der Waals surface area (Å²) in [5.41, 5.74) is 0.477. The quantitative estimate of drug-likeness (QED) is 0.700. The van der Waals surface area contributed by atoms with Crippen LogP contribution in [0, 0.1) is 5.92 Å². The van der Waals surface area contributed by atoms with Gasteiger partial charge >= 0.3 is 7.12 Å². The molecule has 1 atom stereocenters. The Labute approximate surface area is 110 Å². The van der Waals surface area contributed by atoms with Gasteiger partial charge in [-0.05, 0) is 33.2 Å². The van der Waals surface area contributed by atoms with E-state index in [-0.39, 0.29) is 18.3 Å². The van der Waals surface area contributed by atoms with E-state index in [0.717, 1.165) is 11.4 Å². The molecule has 0 aromatic heterocycles. The van der Waals surface area contributed by atoms with Crippen LogP contribution in [0.5, 0.6) is 0 Å². The number of hydrogen-bond acceptors (Lipinski definition) is 2. The second kappa shape index (κ2) is 3.88. The largest absolute Gasteiger partial charge is 0.685 e. The fourth-order valence-corrected chi connectivity index (χ4v) is 2.31. The first kappa shape index (κ1) is 12.3. The van der Waals surface area contributed by atoms with E-state index in [1.807, 2.05) is 6.20 Å². The molecule has 0 bridgehead atoms. The van der Waals surface area contributed by atoms with E-state index < -0.39 is 0 Å².